The first-order chi connectivity index (χ1) is 11.4. The van der Waals surface area contributed by atoms with Crippen molar-refractivity contribution in [3.05, 3.63) is 96.6 Å². The van der Waals surface area contributed by atoms with Gasteiger partial charge in [0.05, 0.1) is 10.8 Å². The van der Waals surface area contributed by atoms with Gasteiger partial charge in [0.15, 0.2) is 11.4 Å². The van der Waals surface area contributed by atoms with Crippen molar-refractivity contribution in [1.29, 1.82) is 0 Å². The van der Waals surface area contributed by atoms with Gasteiger partial charge in [0.25, 0.3) is 5.84 Å². The van der Waals surface area contributed by atoms with Crippen LogP contribution in [0.4, 0.5) is 11.4 Å². The summed E-state index contributed by atoms with van der Waals surface area (Å²) in [6.07, 6.45) is 0. The number of benzene rings is 3. The Morgan fingerprint density at radius 3 is 1.54 bits per heavy atom. The Hall–Kier alpha value is -2.63. The van der Waals surface area contributed by atoms with Gasteiger partial charge in [-0.25, -0.2) is 0 Å². The van der Waals surface area contributed by atoms with Crippen LogP contribution in [0.3, 0.4) is 0 Å². The maximum atomic E-state index is 4.52. The highest BCUT2D eigenvalue weighted by atomic mass is 79.9. The van der Waals surface area contributed by atoms with E-state index in [1.54, 1.807) is 0 Å². The molecule has 4 rings (SSSR count). The second-order valence-corrected chi connectivity index (χ2v) is 5.28. The van der Waals surface area contributed by atoms with E-state index in [0.29, 0.717) is 0 Å². The highest BCUT2D eigenvalue weighted by Crippen LogP contribution is 2.40. The van der Waals surface area contributed by atoms with E-state index in [1.165, 1.54) is 0 Å². The molecule has 0 radical (unpaired) electrons. The Morgan fingerprint density at radius 1 is 0.583 bits per heavy atom. The fraction of sp³-hybridized carbons (Fsp3) is 0. The zero-order chi connectivity index (χ0) is 15.5. The van der Waals surface area contributed by atoms with Crippen LogP contribution >= 0.6 is 0 Å². The predicted octanol–water partition coefficient (Wildman–Crippen LogP) is 2.07. The van der Waals surface area contributed by atoms with Crippen molar-refractivity contribution in [2.45, 2.75) is 0 Å². The van der Waals surface area contributed by atoms with Crippen LogP contribution in [0.25, 0.3) is 0 Å². The number of amidine groups is 1. The molecule has 3 aromatic carbocycles. The average Bonchev–Trinajstić information content (AvgIpc) is 3.10. The lowest BCUT2D eigenvalue weighted by Crippen LogP contribution is -3.00. The van der Waals surface area contributed by atoms with Gasteiger partial charge < -0.3 is 17.0 Å². The van der Waals surface area contributed by atoms with E-state index in [4.69, 9.17) is 0 Å². The molecule has 0 spiro atoms. The average molecular weight is 379 g/mol. The van der Waals surface area contributed by atoms with Crippen molar-refractivity contribution in [2.24, 2.45) is 15.5 Å². The highest BCUT2D eigenvalue weighted by molar-refractivity contribution is 6.09. The molecule has 5 heteroatoms. The monoisotopic (exact) mass is 378 g/mol. The molecule has 0 aromatic heterocycles. The van der Waals surface area contributed by atoms with Gasteiger partial charge in [0, 0.05) is 29.5 Å². The van der Waals surface area contributed by atoms with Crippen molar-refractivity contribution in [3.8, 4) is 0 Å². The van der Waals surface area contributed by atoms with E-state index in [0.717, 1.165) is 22.8 Å². The summed E-state index contributed by atoms with van der Waals surface area (Å²) in [5.41, 5.74) is 3.01. The quantitative estimate of drug-likeness (QED) is 0.625. The minimum absolute atomic E-state index is 0. The summed E-state index contributed by atoms with van der Waals surface area (Å²) >= 11 is 0. The number of para-hydroxylation sites is 2. The minimum atomic E-state index is 0. The van der Waals surface area contributed by atoms with E-state index in [1.807, 2.05) is 66.7 Å². The molecule has 0 aliphatic carbocycles. The molecule has 0 saturated carbocycles. The maximum Gasteiger partial charge on any atom is 0.294 e. The summed E-state index contributed by atoms with van der Waals surface area (Å²) in [5.74, 6) is 0.794. The molecule has 0 amide bonds. The van der Waals surface area contributed by atoms with Crippen LogP contribution in [0.5, 0.6) is 0 Å². The number of quaternary nitrogens is 1. The molecule has 1 heterocycles. The fourth-order valence-corrected chi connectivity index (χ4v) is 2.85. The number of rotatable bonds is 3. The Labute approximate surface area is 151 Å². The molecular formula is C19H15BrN4. The van der Waals surface area contributed by atoms with Crippen LogP contribution in [0, 0.1) is 0 Å². The largest absolute Gasteiger partial charge is 1.00 e. The Morgan fingerprint density at radius 2 is 1.04 bits per heavy atom. The second kappa shape index (κ2) is 6.86. The highest BCUT2D eigenvalue weighted by Gasteiger charge is 2.45. The van der Waals surface area contributed by atoms with Gasteiger partial charge in [-0.1, -0.05) is 64.3 Å². The zero-order valence-corrected chi connectivity index (χ0v) is 14.4. The van der Waals surface area contributed by atoms with Gasteiger partial charge in [-0.2, -0.15) is 0 Å². The summed E-state index contributed by atoms with van der Waals surface area (Å²) in [6, 6.07) is 30.3. The molecule has 0 bridgehead atoms. The normalized spacial score (nSPS) is 14.8. The summed E-state index contributed by atoms with van der Waals surface area (Å²) < 4.78 is 0.145. The zero-order valence-electron chi connectivity index (χ0n) is 12.8. The maximum absolute atomic E-state index is 4.52. The molecule has 0 unspecified atom stereocenters. The van der Waals surface area contributed by atoms with Gasteiger partial charge in [-0.3, -0.25) is 0 Å². The minimum Gasteiger partial charge on any atom is -1.00 e. The van der Waals surface area contributed by atoms with Crippen molar-refractivity contribution in [3.63, 3.8) is 0 Å². The summed E-state index contributed by atoms with van der Waals surface area (Å²) in [7, 11) is 0. The lowest BCUT2D eigenvalue weighted by molar-refractivity contribution is -0.00000453. The molecule has 24 heavy (non-hydrogen) atoms. The molecule has 1 aliphatic rings. The van der Waals surface area contributed by atoms with Crippen LogP contribution in [0.15, 0.2) is 107 Å². The second-order valence-electron chi connectivity index (χ2n) is 5.28. The molecular weight excluding hydrogens is 364 g/mol. The summed E-state index contributed by atoms with van der Waals surface area (Å²) in [5, 5.41) is 12.9. The standard InChI is InChI=1S/C19H15N4.BrH/c1-4-10-16(11-5-1)19-20-21-22-23(19,17-12-6-2-7-13-17)18-14-8-3-9-15-18;/h1-15H;1H/q+1;/p-1. The van der Waals surface area contributed by atoms with Crippen LogP contribution in [0.2, 0.25) is 0 Å². The molecule has 0 atom stereocenters. The SMILES string of the molecule is [Br-].c1ccc(C2=NN=N[N+]2(c2ccccc2)c2ccccc2)cc1. The van der Waals surface area contributed by atoms with E-state index in [2.05, 4.69) is 39.8 Å². The van der Waals surface area contributed by atoms with E-state index >= 15 is 0 Å². The van der Waals surface area contributed by atoms with E-state index in [9.17, 15) is 0 Å². The van der Waals surface area contributed by atoms with Crippen LogP contribution in [-0.2, 0) is 0 Å². The molecule has 1 aliphatic heterocycles. The third-order valence-corrected chi connectivity index (χ3v) is 3.91. The third kappa shape index (κ3) is 2.58. The van der Waals surface area contributed by atoms with Gasteiger partial charge in [0.1, 0.15) is 0 Å². The van der Waals surface area contributed by atoms with Gasteiger partial charge in [0.2, 0.25) is 0 Å². The molecule has 0 saturated heterocycles. The Kier molecular flexibility index (Phi) is 4.64. The van der Waals surface area contributed by atoms with Crippen molar-refractivity contribution in [2.75, 3.05) is 0 Å². The smallest absolute Gasteiger partial charge is 0.294 e. The van der Waals surface area contributed by atoms with Crippen molar-refractivity contribution >= 4 is 17.2 Å². The van der Waals surface area contributed by atoms with Crippen LogP contribution in [0.1, 0.15) is 5.56 Å². The predicted molar refractivity (Wildman–Crippen MR) is 92.2 cm³/mol. The van der Waals surface area contributed by atoms with Crippen LogP contribution < -0.4 is 21.6 Å². The van der Waals surface area contributed by atoms with E-state index < -0.39 is 0 Å². The number of hydrogen-bond donors (Lipinski definition) is 0. The lowest BCUT2D eigenvalue weighted by atomic mass is 10.1. The summed E-state index contributed by atoms with van der Waals surface area (Å²) in [4.78, 5) is 0. The lowest BCUT2D eigenvalue weighted by Gasteiger charge is -2.26. The van der Waals surface area contributed by atoms with Crippen molar-refractivity contribution < 1.29 is 17.0 Å². The topological polar surface area (TPSA) is 37.1 Å². The molecule has 0 fully saturated rings. The first-order valence-electron chi connectivity index (χ1n) is 7.48. The third-order valence-electron chi connectivity index (χ3n) is 3.91. The number of nitrogens with zero attached hydrogens (tertiary/aromatic N) is 4. The summed E-state index contributed by atoms with van der Waals surface area (Å²) in [6.45, 7) is 0. The number of hydrogen-bond acceptors (Lipinski definition) is 3. The van der Waals surface area contributed by atoms with Crippen molar-refractivity contribution in [1.82, 2.24) is 4.59 Å². The Balaban J connectivity index is 0.00000169. The Bertz CT molecular complexity index is 822. The first kappa shape index (κ1) is 16.2. The van der Waals surface area contributed by atoms with Gasteiger partial charge >= 0.3 is 0 Å². The van der Waals surface area contributed by atoms with E-state index in [-0.39, 0.29) is 21.6 Å². The molecule has 0 N–H and O–H groups in total. The fourth-order valence-electron chi connectivity index (χ4n) is 2.85. The van der Waals surface area contributed by atoms with Gasteiger partial charge in [-0.15, -0.1) is 0 Å². The molecule has 3 aromatic rings. The van der Waals surface area contributed by atoms with Gasteiger partial charge in [-0.05, 0) is 12.1 Å². The van der Waals surface area contributed by atoms with Crippen LogP contribution in [-0.4, -0.2) is 5.84 Å². The molecule has 4 nitrogen and oxygen atoms in total. The first-order valence-corrected chi connectivity index (χ1v) is 7.48. The molecule has 118 valence electrons. The number of halogens is 1.